The minimum atomic E-state index is 0.742. The minimum absolute atomic E-state index is 0.742. The summed E-state index contributed by atoms with van der Waals surface area (Å²) in [4.78, 5) is 17.8. The average molecular weight is 311 g/mol. The van der Waals surface area contributed by atoms with E-state index in [1.807, 2.05) is 24.7 Å². The second kappa shape index (κ2) is 7.40. The Morgan fingerprint density at radius 3 is 2.83 bits per heavy atom. The number of piperidine rings is 1. The van der Waals surface area contributed by atoms with Gasteiger partial charge in [-0.05, 0) is 48.9 Å². The van der Waals surface area contributed by atoms with E-state index in [1.165, 1.54) is 18.4 Å². The van der Waals surface area contributed by atoms with Gasteiger partial charge in [-0.3, -0.25) is 4.98 Å². The SMILES string of the molecule is CC1CCCN(c2ccnc(N(C)CCc3ccncc3)n2)C1. The third kappa shape index (κ3) is 4.18. The molecular weight excluding hydrogens is 286 g/mol. The molecule has 1 saturated heterocycles. The molecule has 5 heteroatoms. The van der Waals surface area contributed by atoms with Crippen LogP contribution in [0.4, 0.5) is 11.8 Å². The third-order valence-corrected chi connectivity index (χ3v) is 4.44. The zero-order valence-electron chi connectivity index (χ0n) is 14.0. The summed E-state index contributed by atoms with van der Waals surface area (Å²) in [7, 11) is 2.05. The molecule has 0 spiro atoms. The Balaban J connectivity index is 1.64. The van der Waals surface area contributed by atoms with Crippen molar-refractivity contribution in [2.45, 2.75) is 26.2 Å². The first-order chi connectivity index (χ1) is 11.2. The first-order valence-corrected chi connectivity index (χ1v) is 8.40. The molecule has 1 atom stereocenters. The molecule has 3 rings (SSSR count). The van der Waals surface area contributed by atoms with Crippen LogP contribution >= 0.6 is 0 Å². The highest BCUT2D eigenvalue weighted by molar-refractivity contribution is 5.43. The molecule has 1 unspecified atom stereocenters. The molecule has 0 aromatic carbocycles. The number of aromatic nitrogens is 3. The zero-order chi connectivity index (χ0) is 16.1. The Bertz CT molecular complexity index is 616. The van der Waals surface area contributed by atoms with Gasteiger partial charge in [-0.1, -0.05) is 6.92 Å². The number of anilines is 2. The summed E-state index contributed by atoms with van der Waals surface area (Å²) in [5, 5.41) is 0. The van der Waals surface area contributed by atoms with E-state index >= 15 is 0 Å². The van der Waals surface area contributed by atoms with E-state index in [9.17, 15) is 0 Å². The van der Waals surface area contributed by atoms with Crippen LogP contribution < -0.4 is 9.80 Å². The number of likely N-dealkylation sites (N-methyl/N-ethyl adjacent to an activating group) is 1. The van der Waals surface area contributed by atoms with Crippen molar-refractivity contribution in [3.63, 3.8) is 0 Å². The summed E-state index contributed by atoms with van der Waals surface area (Å²) in [6.45, 7) is 5.40. The lowest BCUT2D eigenvalue weighted by molar-refractivity contribution is 0.444. The maximum atomic E-state index is 4.77. The average Bonchev–Trinajstić information content (AvgIpc) is 2.61. The van der Waals surface area contributed by atoms with Crippen molar-refractivity contribution in [2.24, 2.45) is 5.92 Å². The van der Waals surface area contributed by atoms with E-state index in [2.05, 4.69) is 45.9 Å². The molecule has 3 heterocycles. The van der Waals surface area contributed by atoms with Gasteiger partial charge < -0.3 is 9.80 Å². The molecule has 1 aliphatic heterocycles. The predicted molar refractivity (Wildman–Crippen MR) is 93.9 cm³/mol. The van der Waals surface area contributed by atoms with Crippen LogP contribution in [0.1, 0.15) is 25.3 Å². The first kappa shape index (κ1) is 15.7. The van der Waals surface area contributed by atoms with Crippen LogP contribution in [0.15, 0.2) is 36.8 Å². The fourth-order valence-electron chi connectivity index (χ4n) is 3.04. The second-order valence-electron chi connectivity index (χ2n) is 6.44. The largest absolute Gasteiger partial charge is 0.356 e. The van der Waals surface area contributed by atoms with Gasteiger partial charge in [0.25, 0.3) is 0 Å². The van der Waals surface area contributed by atoms with Crippen molar-refractivity contribution >= 4 is 11.8 Å². The molecule has 2 aromatic heterocycles. The van der Waals surface area contributed by atoms with Crippen LogP contribution in [-0.2, 0) is 6.42 Å². The summed E-state index contributed by atoms with van der Waals surface area (Å²) in [5.74, 6) is 2.60. The van der Waals surface area contributed by atoms with Crippen LogP contribution in [0.25, 0.3) is 0 Å². The van der Waals surface area contributed by atoms with E-state index in [0.717, 1.165) is 43.7 Å². The van der Waals surface area contributed by atoms with Gasteiger partial charge in [0.2, 0.25) is 5.95 Å². The summed E-state index contributed by atoms with van der Waals surface area (Å²) >= 11 is 0. The van der Waals surface area contributed by atoms with Crippen molar-refractivity contribution in [2.75, 3.05) is 36.5 Å². The molecule has 0 amide bonds. The number of hydrogen-bond donors (Lipinski definition) is 0. The molecule has 0 N–H and O–H groups in total. The van der Waals surface area contributed by atoms with Crippen LogP contribution in [0.5, 0.6) is 0 Å². The quantitative estimate of drug-likeness (QED) is 0.849. The van der Waals surface area contributed by atoms with E-state index in [1.54, 1.807) is 0 Å². The zero-order valence-corrected chi connectivity index (χ0v) is 14.0. The summed E-state index contributed by atoms with van der Waals surface area (Å²) < 4.78 is 0. The van der Waals surface area contributed by atoms with Gasteiger partial charge >= 0.3 is 0 Å². The van der Waals surface area contributed by atoms with Gasteiger partial charge in [0.1, 0.15) is 5.82 Å². The fourth-order valence-corrected chi connectivity index (χ4v) is 3.04. The molecule has 2 aromatic rings. The highest BCUT2D eigenvalue weighted by Gasteiger charge is 2.18. The van der Waals surface area contributed by atoms with Gasteiger partial charge in [-0.15, -0.1) is 0 Å². The van der Waals surface area contributed by atoms with Crippen LogP contribution in [-0.4, -0.2) is 41.6 Å². The molecule has 0 radical (unpaired) electrons. The van der Waals surface area contributed by atoms with Crippen molar-refractivity contribution in [3.8, 4) is 0 Å². The van der Waals surface area contributed by atoms with Crippen molar-refractivity contribution in [3.05, 3.63) is 42.4 Å². The molecule has 0 saturated carbocycles. The second-order valence-corrected chi connectivity index (χ2v) is 6.44. The number of rotatable bonds is 5. The molecule has 122 valence electrons. The summed E-state index contributed by atoms with van der Waals surface area (Å²) in [5.41, 5.74) is 1.29. The fraction of sp³-hybridized carbons (Fsp3) is 0.500. The van der Waals surface area contributed by atoms with Gasteiger partial charge in [0.05, 0.1) is 0 Å². The number of hydrogen-bond acceptors (Lipinski definition) is 5. The smallest absolute Gasteiger partial charge is 0.227 e. The van der Waals surface area contributed by atoms with Gasteiger partial charge in [-0.25, -0.2) is 4.98 Å². The lowest BCUT2D eigenvalue weighted by Crippen LogP contribution is -2.35. The Morgan fingerprint density at radius 1 is 1.22 bits per heavy atom. The first-order valence-electron chi connectivity index (χ1n) is 8.40. The molecular formula is C18H25N5. The van der Waals surface area contributed by atoms with Crippen LogP contribution in [0.2, 0.25) is 0 Å². The lowest BCUT2D eigenvalue weighted by Gasteiger charge is -2.32. The Labute approximate surface area is 138 Å². The minimum Gasteiger partial charge on any atom is -0.356 e. The lowest BCUT2D eigenvalue weighted by atomic mass is 10.0. The van der Waals surface area contributed by atoms with Gasteiger partial charge in [-0.2, -0.15) is 4.98 Å². The van der Waals surface area contributed by atoms with Gasteiger partial charge in [0, 0.05) is 45.3 Å². The number of pyridine rings is 1. The molecule has 23 heavy (non-hydrogen) atoms. The standard InChI is InChI=1S/C18H25N5/c1-15-4-3-12-23(14-15)17-7-11-20-18(21-17)22(2)13-8-16-5-9-19-10-6-16/h5-7,9-11,15H,3-4,8,12-14H2,1-2H3. The van der Waals surface area contributed by atoms with Crippen LogP contribution in [0.3, 0.4) is 0 Å². The predicted octanol–water partition coefficient (Wildman–Crippen LogP) is 2.79. The Kier molecular flexibility index (Phi) is 5.05. The van der Waals surface area contributed by atoms with E-state index < -0.39 is 0 Å². The monoisotopic (exact) mass is 311 g/mol. The molecule has 1 fully saturated rings. The third-order valence-electron chi connectivity index (χ3n) is 4.44. The highest BCUT2D eigenvalue weighted by Crippen LogP contribution is 2.22. The highest BCUT2D eigenvalue weighted by atomic mass is 15.3. The summed E-state index contributed by atoms with van der Waals surface area (Å²) in [6, 6.07) is 6.14. The normalized spacial score (nSPS) is 18.0. The van der Waals surface area contributed by atoms with Crippen molar-refractivity contribution in [1.82, 2.24) is 15.0 Å². The van der Waals surface area contributed by atoms with Gasteiger partial charge in [0.15, 0.2) is 0 Å². The van der Waals surface area contributed by atoms with Crippen molar-refractivity contribution < 1.29 is 0 Å². The molecule has 0 aliphatic carbocycles. The number of nitrogens with zero attached hydrogens (tertiary/aromatic N) is 5. The molecule has 1 aliphatic rings. The molecule has 5 nitrogen and oxygen atoms in total. The van der Waals surface area contributed by atoms with Crippen LogP contribution in [0, 0.1) is 5.92 Å². The topological polar surface area (TPSA) is 45.2 Å². The summed E-state index contributed by atoms with van der Waals surface area (Å²) in [6.07, 6.45) is 9.08. The maximum Gasteiger partial charge on any atom is 0.227 e. The Morgan fingerprint density at radius 2 is 2.04 bits per heavy atom. The van der Waals surface area contributed by atoms with E-state index in [-0.39, 0.29) is 0 Å². The van der Waals surface area contributed by atoms with Crippen molar-refractivity contribution in [1.29, 1.82) is 0 Å². The van der Waals surface area contributed by atoms with E-state index in [0.29, 0.717) is 0 Å². The Hall–Kier alpha value is -2.17. The van der Waals surface area contributed by atoms with E-state index in [4.69, 9.17) is 4.98 Å². The molecule has 0 bridgehead atoms. The maximum absolute atomic E-state index is 4.77.